The molecule has 2 heteroatoms. The van der Waals surface area contributed by atoms with Crippen molar-refractivity contribution in [2.24, 2.45) is 0 Å². The summed E-state index contributed by atoms with van der Waals surface area (Å²) in [6.45, 7) is 0. The highest BCUT2D eigenvalue weighted by Gasteiger charge is 2.14. The Kier molecular flexibility index (Phi) is 2.76. The van der Waals surface area contributed by atoms with Gasteiger partial charge in [0.15, 0.2) is 0 Å². The molecule has 0 saturated heterocycles. The molecule has 0 aliphatic carbocycles. The number of rotatable bonds is 1. The quantitative estimate of drug-likeness (QED) is 0.513. The first-order valence-electron chi connectivity index (χ1n) is 7.17. The molecule has 0 aliphatic heterocycles. The molecule has 2 nitrogen and oxygen atoms in total. The van der Waals surface area contributed by atoms with Crippen LogP contribution in [0.3, 0.4) is 0 Å². The van der Waals surface area contributed by atoms with Crippen LogP contribution in [0.15, 0.2) is 72.8 Å². The van der Waals surface area contributed by atoms with E-state index in [4.69, 9.17) is 0 Å². The number of phenols is 2. The molecule has 0 atom stereocenters. The lowest BCUT2D eigenvalue weighted by atomic mass is 9.94. The molecule has 22 heavy (non-hydrogen) atoms. The zero-order valence-corrected chi connectivity index (χ0v) is 11.8. The second-order valence-electron chi connectivity index (χ2n) is 5.40. The van der Waals surface area contributed by atoms with E-state index in [-0.39, 0.29) is 11.5 Å². The van der Waals surface area contributed by atoms with E-state index in [0.717, 1.165) is 21.5 Å². The molecule has 0 amide bonds. The fourth-order valence-corrected chi connectivity index (χ4v) is 2.97. The first-order chi connectivity index (χ1) is 10.7. The van der Waals surface area contributed by atoms with E-state index in [9.17, 15) is 10.2 Å². The van der Waals surface area contributed by atoms with Crippen LogP contribution >= 0.6 is 0 Å². The summed E-state index contributed by atoms with van der Waals surface area (Å²) in [6, 6.07) is 22.9. The molecule has 0 spiro atoms. The Morgan fingerprint density at radius 1 is 0.545 bits per heavy atom. The summed E-state index contributed by atoms with van der Waals surface area (Å²) < 4.78 is 0. The van der Waals surface area contributed by atoms with Gasteiger partial charge in [-0.1, -0.05) is 54.6 Å². The van der Waals surface area contributed by atoms with Crippen LogP contribution in [-0.4, -0.2) is 10.2 Å². The highest BCUT2D eigenvalue weighted by atomic mass is 16.3. The Morgan fingerprint density at radius 2 is 1.18 bits per heavy atom. The number of phenolic OH excluding ortho intramolecular Hbond substituents is 2. The van der Waals surface area contributed by atoms with E-state index >= 15 is 0 Å². The average molecular weight is 286 g/mol. The van der Waals surface area contributed by atoms with Crippen molar-refractivity contribution < 1.29 is 10.2 Å². The maximum absolute atomic E-state index is 10.4. The van der Waals surface area contributed by atoms with Gasteiger partial charge in [0.1, 0.15) is 11.5 Å². The molecule has 0 bridgehead atoms. The van der Waals surface area contributed by atoms with Crippen LogP contribution in [-0.2, 0) is 0 Å². The molecule has 0 aliphatic rings. The Hall–Kier alpha value is -3.00. The minimum atomic E-state index is 0.171. The smallest absolute Gasteiger partial charge is 0.124 e. The maximum Gasteiger partial charge on any atom is 0.124 e. The summed E-state index contributed by atoms with van der Waals surface area (Å²) in [5.41, 5.74) is 1.31. The van der Waals surface area contributed by atoms with Crippen LogP contribution in [0.2, 0.25) is 0 Å². The van der Waals surface area contributed by atoms with Crippen molar-refractivity contribution in [3.63, 3.8) is 0 Å². The third-order valence-electron chi connectivity index (χ3n) is 4.04. The van der Waals surface area contributed by atoms with Gasteiger partial charge < -0.3 is 10.2 Å². The van der Waals surface area contributed by atoms with Gasteiger partial charge in [0, 0.05) is 11.1 Å². The maximum atomic E-state index is 10.4. The monoisotopic (exact) mass is 286 g/mol. The summed E-state index contributed by atoms with van der Waals surface area (Å²) in [4.78, 5) is 0. The molecular weight excluding hydrogens is 272 g/mol. The minimum absolute atomic E-state index is 0.171. The van der Waals surface area contributed by atoms with Crippen molar-refractivity contribution in [3.05, 3.63) is 72.8 Å². The Balaban J connectivity index is 2.11. The van der Waals surface area contributed by atoms with Crippen LogP contribution < -0.4 is 0 Å². The average Bonchev–Trinajstić information content (AvgIpc) is 2.54. The van der Waals surface area contributed by atoms with Gasteiger partial charge in [0.2, 0.25) is 0 Å². The lowest BCUT2D eigenvalue weighted by Gasteiger charge is -2.12. The highest BCUT2D eigenvalue weighted by Crippen LogP contribution is 2.42. The molecule has 4 rings (SSSR count). The third-order valence-corrected chi connectivity index (χ3v) is 4.04. The molecule has 4 aromatic rings. The van der Waals surface area contributed by atoms with Gasteiger partial charge >= 0.3 is 0 Å². The first-order valence-corrected chi connectivity index (χ1v) is 7.17. The SMILES string of the molecule is Oc1cc2ccccc2cc1-c1c(O)ccc2ccccc12. The fourth-order valence-electron chi connectivity index (χ4n) is 2.97. The zero-order chi connectivity index (χ0) is 15.1. The van der Waals surface area contributed by atoms with Crippen molar-refractivity contribution in [2.75, 3.05) is 0 Å². The summed E-state index contributed by atoms with van der Waals surface area (Å²) in [7, 11) is 0. The molecule has 0 heterocycles. The molecule has 2 N–H and O–H groups in total. The van der Waals surface area contributed by atoms with Crippen LogP contribution in [0.4, 0.5) is 0 Å². The van der Waals surface area contributed by atoms with Crippen LogP contribution in [0, 0.1) is 0 Å². The third kappa shape index (κ3) is 1.89. The summed E-state index contributed by atoms with van der Waals surface area (Å²) in [5, 5.41) is 24.7. The first kappa shape index (κ1) is 12.7. The minimum Gasteiger partial charge on any atom is -0.507 e. The van der Waals surface area contributed by atoms with Gasteiger partial charge in [-0.05, 0) is 39.7 Å². The molecule has 106 valence electrons. The number of fused-ring (bicyclic) bond motifs is 2. The number of hydrogen-bond acceptors (Lipinski definition) is 2. The van der Waals surface area contributed by atoms with Crippen LogP contribution in [0.25, 0.3) is 32.7 Å². The molecule has 4 aromatic carbocycles. The van der Waals surface area contributed by atoms with E-state index in [0.29, 0.717) is 11.1 Å². The largest absolute Gasteiger partial charge is 0.507 e. The van der Waals surface area contributed by atoms with Gasteiger partial charge in [0.05, 0.1) is 0 Å². The Morgan fingerprint density at radius 3 is 1.95 bits per heavy atom. The van der Waals surface area contributed by atoms with Gasteiger partial charge in [0.25, 0.3) is 0 Å². The van der Waals surface area contributed by atoms with Gasteiger partial charge in [-0.2, -0.15) is 0 Å². The normalized spacial score (nSPS) is 11.1. The van der Waals surface area contributed by atoms with Crippen molar-refractivity contribution in [1.82, 2.24) is 0 Å². The van der Waals surface area contributed by atoms with Gasteiger partial charge in [-0.25, -0.2) is 0 Å². The van der Waals surface area contributed by atoms with Crippen LogP contribution in [0.5, 0.6) is 11.5 Å². The van der Waals surface area contributed by atoms with Crippen molar-refractivity contribution in [2.45, 2.75) is 0 Å². The van der Waals surface area contributed by atoms with Gasteiger partial charge in [-0.3, -0.25) is 0 Å². The lowest BCUT2D eigenvalue weighted by Crippen LogP contribution is -1.85. The molecule has 0 saturated carbocycles. The van der Waals surface area contributed by atoms with E-state index in [2.05, 4.69) is 0 Å². The second-order valence-corrected chi connectivity index (χ2v) is 5.40. The fraction of sp³-hybridized carbons (Fsp3) is 0. The Bertz CT molecular complexity index is 1000. The van der Waals surface area contributed by atoms with Crippen molar-refractivity contribution in [3.8, 4) is 22.6 Å². The summed E-state index contributed by atoms with van der Waals surface area (Å²) >= 11 is 0. The molecule has 0 aromatic heterocycles. The van der Waals surface area contributed by atoms with Crippen LogP contribution in [0.1, 0.15) is 0 Å². The topological polar surface area (TPSA) is 40.5 Å². The van der Waals surface area contributed by atoms with E-state index < -0.39 is 0 Å². The Labute approximate surface area is 127 Å². The summed E-state index contributed by atoms with van der Waals surface area (Å²) in [5.74, 6) is 0.342. The number of hydrogen-bond donors (Lipinski definition) is 2. The van der Waals surface area contributed by atoms with Crippen molar-refractivity contribution >= 4 is 21.5 Å². The predicted octanol–water partition coefficient (Wildman–Crippen LogP) is 5.07. The second kappa shape index (κ2) is 4.78. The zero-order valence-electron chi connectivity index (χ0n) is 11.8. The molecule has 0 unspecified atom stereocenters. The summed E-state index contributed by atoms with van der Waals surface area (Å²) in [6.07, 6.45) is 0. The van der Waals surface area contributed by atoms with Gasteiger partial charge in [-0.15, -0.1) is 0 Å². The number of benzene rings is 4. The van der Waals surface area contributed by atoms with E-state index in [1.165, 1.54) is 0 Å². The molecule has 0 radical (unpaired) electrons. The standard InChI is InChI=1S/C20H14O2/c21-18-10-9-13-5-3-4-8-16(13)20(18)17-11-14-6-1-2-7-15(14)12-19(17)22/h1-12,21-22H. The van der Waals surface area contributed by atoms with Crippen molar-refractivity contribution in [1.29, 1.82) is 0 Å². The molecular formula is C20H14O2. The predicted molar refractivity (Wildman–Crippen MR) is 90.2 cm³/mol. The van der Waals surface area contributed by atoms with E-state index in [1.807, 2.05) is 60.7 Å². The number of aromatic hydroxyl groups is 2. The lowest BCUT2D eigenvalue weighted by molar-refractivity contribution is 0.470. The van der Waals surface area contributed by atoms with E-state index in [1.54, 1.807) is 12.1 Å². The highest BCUT2D eigenvalue weighted by molar-refractivity contribution is 6.03. The molecule has 0 fully saturated rings.